The second kappa shape index (κ2) is 9.19. The zero-order chi connectivity index (χ0) is 19.1. The minimum atomic E-state index is -1.07. The molecule has 1 heterocycles. The Hall–Kier alpha value is -2.86. The summed E-state index contributed by atoms with van der Waals surface area (Å²) in [7, 11) is 0. The van der Waals surface area contributed by atoms with Gasteiger partial charge in [0.05, 0.1) is 6.10 Å². The average Bonchev–Trinajstić information content (AvgIpc) is 3.20. The molecule has 2 aromatic carbocycles. The molecular formula is C21H23NO5. The highest BCUT2D eigenvalue weighted by atomic mass is 16.5. The highest BCUT2D eigenvalue weighted by Crippen LogP contribution is 2.17. The van der Waals surface area contributed by atoms with E-state index in [1.165, 1.54) is 0 Å². The van der Waals surface area contributed by atoms with Gasteiger partial charge in [-0.3, -0.25) is 4.79 Å². The summed E-state index contributed by atoms with van der Waals surface area (Å²) < 4.78 is 11.2. The molecule has 0 aromatic heterocycles. The molecule has 1 fully saturated rings. The molecule has 0 radical (unpaired) electrons. The van der Waals surface area contributed by atoms with Gasteiger partial charge in [0.25, 0.3) is 5.91 Å². The third-order valence-electron chi connectivity index (χ3n) is 4.44. The SMILES string of the molecule is O=C(N[C@@H](Cc1ccccc1)C(=O)O)c1cccc(OCC2CCCO2)c1. The second-order valence-corrected chi connectivity index (χ2v) is 6.53. The Kier molecular flexibility index (Phi) is 6.44. The third kappa shape index (κ3) is 5.56. The van der Waals surface area contributed by atoms with Crippen LogP contribution in [0.1, 0.15) is 28.8 Å². The van der Waals surface area contributed by atoms with Crippen LogP contribution in [0, 0.1) is 0 Å². The first-order chi connectivity index (χ1) is 13.1. The van der Waals surface area contributed by atoms with E-state index in [-0.39, 0.29) is 12.5 Å². The number of carboxylic acid groups (broad SMARTS) is 1. The summed E-state index contributed by atoms with van der Waals surface area (Å²) in [5, 5.41) is 12.0. The lowest BCUT2D eigenvalue weighted by molar-refractivity contribution is -0.139. The molecule has 1 aliphatic heterocycles. The third-order valence-corrected chi connectivity index (χ3v) is 4.44. The highest BCUT2D eigenvalue weighted by Gasteiger charge is 2.21. The van der Waals surface area contributed by atoms with Crippen molar-refractivity contribution in [1.82, 2.24) is 5.32 Å². The Bertz CT molecular complexity index is 771. The maximum atomic E-state index is 12.5. The van der Waals surface area contributed by atoms with E-state index in [1.807, 2.05) is 30.3 Å². The van der Waals surface area contributed by atoms with Crippen LogP contribution >= 0.6 is 0 Å². The fraction of sp³-hybridized carbons (Fsp3) is 0.333. The van der Waals surface area contributed by atoms with E-state index in [0.717, 1.165) is 25.0 Å². The van der Waals surface area contributed by atoms with Gasteiger partial charge in [-0.15, -0.1) is 0 Å². The summed E-state index contributed by atoms with van der Waals surface area (Å²) >= 11 is 0. The number of aliphatic carboxylic acids is 1. The molecule has 1 aliphatic rings. The fourth-order valence-corrected chi connectivity index (χ4v) is 2.98. The van der Waals surface area contributed by atoms with Gasteiger partial charge in [-0.25, -0.2) is 4.79 Å². The first-order valence-corrected chi connectivity index (χ1v) is 9.04. The van der Waals surface area contributed by atoms with Crippen LogP contribution in [0.3, 0.4) is 0 Å². The van der Waals surface area contributed by atoms with Crippen molar-refractivity contribution in [3.8, 4) is 5.75 Å². The van der Waals surface area contributed by atoms with Gasteiger partial charge >= 0.3 is 5.97 Å². The van der Waals surface area contributed by atoms with E-state index in [2.05, 4.69) is 5.32 Å². The second-order valence-electron chi connectivity index (χ2n) is 6.53. The van der Waals surface area contributed by atoms with Gasteiger partial charge in [0.2, 0.25) is 0 Å². The molecule has 6 nitrogen and oxygen atoms in total. The molecule has 6 heteroatoms. The normalized spacial score (nSPS) is 17.3. The summed E-state index contributed by atoms with van der Waals surface area (Å²) in [5.74, 6) is -0.952. The monoisotopic (exact) mass is 369 g/mol. The molecule has 1 saturated heterocycles. The largest absolute Gasteiger partial charge is 0.491 e. The molecule has 3 rings (SSSR count). The predicted molar refractivity (Wildman–Crippen MR) is 99.9 cm³/mol. The van der Waals surface area contributed by atoms with Crippen LogP contribution in [-0.2, 0) is 16.0 Å². The number of rotatable bonds is 8. The van der Waals surface area contributed by atoms with Crippen LogP contribution in [0.2, 0.25) is 0 Å². The Labute approximate surface area is 158 Å². The zero-order valence-corrected chi connectivity index (χ0v) is 15.0. The molecule has 1 amide bonds. The Morgan fingerprint density at radius 3 is 2.70 bits per heavy atom. The van der Waals surface area contributed by atoms with Gasteiger partial charge in [0, 0.05) is 18.6 Å². The Balaban J connectivity index is 1.61. The summed E-state index contributed by atoms with van der Waals surface area (Å²) in [4.78, 5) is 24.0. The summed E-state index contributed by atoms with van der Waals surface area (Å²) in [6.07, 6.45) is 2.32. The molecule has 0 spiro atoms. The van der Waals surface area contributed by atoms with Gasteiger partial charge in [-0.2, -0.15) is 0 Å². The van der Waals surface area contributed by atoms with Gasteiger partial charge in [0.1, 0.15) is 18.4 Å². The van der Waals surface area contributed by atoms with E-state index >= 15 is 0 Å². The standard InChI is InChI=1S/C21H23NO5/c23-20(22-19(21(24)25)12-15-6-2-1-3-7-15)16-8-4-9-17(13-16)27-14-18-10-5-11-26-18/h1-4,6-9,13,18-19H,5,10-12,14H2,(H,22,23)(H,24,25)/t18?,19-/m0/s1. The molecule has 27 heavy (non-hydrogen) atoms. The maximum Gasteiger partial charge on any atom is 0.326 e. The number of carboxylic acids is 1. The van der Waals surface area contributed by atoms with Gasteiger partial charge in [-0.05, 0) is 36.6 Å². The van der Waals surface area contributed by atoms with Crippen molar-refractivity contribution in [2.24, 2.45) is 0 Å². The van der Waals surface area contributed by atoms with Crippen molar-refractivity contribution in [2.45, 2.75) is 31.4 Å². The quantitative estimate of drug-likeness (QED) is 0.747. The number of amides is 1. The molecule has 2 aromatic rings. The van der Waals surface area contributed by atoms with Gasteiger partial charge < -0.3 is 19.9 Å². The molecule has 1 unspecified atom stereocenters. The van der Waals surface area contributed by atoms with Crippen molar-refractivity contribution in [3.05, 3.63) is 65.7 Å². The topological polar surface area (TPSA) is 84.9 Å². The number of benzene rings is 2. The lowest BCUT2D eigenvalue weighted by Crippen LogP contribution is -2.42. The van der Waals surface area contributed by atoms with E-state index in [9.17, 15) is 14.7 Å². The van der Waals surface area contributed by atoms with Crippen molar-refractivity contribution in [2.75, 3.05) is 13.2 Å². The van der Waals surface area contributed by atoms with E-state index in [4.69, 9.17) is 9.47 Å². The molecule has 0 aliphatic carbocycles. The number of hydrogen-bond acceptors (Lipinski definition) is 4. The van der Waals surface area contributed by atoms with E-state index in [1.54, 1.807) is 24.3 Å². The van der Waals surface area contributed by atoms with Crippen molar-refractivity contribution in [1.29, 1.82) is 0 Å². The molecule has 0 bridgehead atoms. The van der Waals surface area contributed by atoms with Crippen LogP contribution in [-0.4, -0.2) is 42.3 Å². The Morgan fingerprint density at radius 1 is 1.19 bits per heavy atom. The number of hydrogen-bond donors (Lipinski definition) is 2. The first kappa shape index (κ1) is 18.9. The zero-order valence-electron chi connectivity index (χ0n) is 15.0. The minimum Gasteiger partial charge on any atom is -0.491 e. The maximum absolute atomic E-state index is 12.5. The first-order valence-electron chi connectivity index (χ1n) is 9.04. The van der Waals surface area contributed by atoms with Crippen LogP contribution in [0.5, 0.6) is 5.75 Å². The van der Waals surface area contributed by atoms with Crippen LogP contribution in [0.4, 0.5) is 0 Å². The summed E-state index contributed by atoms with van der Waals surface area (Å²) in [5.41, 5.74) is 1.21. The summed E-state index contributed by atoms with van der Waals surface area (Å²) in [6, 6.07) is 14.9. The number of nitrogens with one attached hydrogen (secondary N) is 1. The number of carbonyl (C=O) groups excluding carboxylic acids is 1. The molecule has 2 atom stereocenters. The van der Waals surface area contributed by atoms with Crippen LogP contribution < -0.4 is 10.1 Å². The fourth-order valence-electron chi connectivity index (χ4n) is 2.98. The average molecular weight is 369 g/mol. The number of carbonyl (C=O) groups is 2. The van der Waals surface area contributed by atoms with Crippen molar-refractivity contribution < 1.29 is 24.2 Å². The van der Waals surface area contributed by atoms with E-state index < -0.39 is 17.9 Å². The smallest absolute Gasteiger partial charge is 0.326 e. The summed E-state index contributed by atoms with van der Waals surface area (Å²) in [6.45, 7) is 1.20. The van der Waals surface area contributed by atoms with Crippen LogP contribution in [0.25, 0.3) is 0 Å². The van der Waals surface area contributed by atoms with E-state index in [0.29, 0.717) is 17.9 Å². The lowest BCUT2D eigenvalue weighted by Gasteiger charge is -2.15. The van der Waals surface area contributed by atoms with Crippen molar-refractivity contribution >= 4 is 11.9 Å². The molecule has 0 saturated carbocycles. The van der Waals surface area contributed by atoms with Crippen LogP contribution in [0.15, 0.2) is 54.6 Å². The molecular weight excluding hydrogens is 346 g/mol. The van der Waals surface area contributed by atoms with Crippen molar-refractivity contribution in [3.63, 3.8) is 0 Å². The Morgan fingerprint density at radius 2 is 2.00 bits per heavy atom. The highest BCUT2D eigenvalue weighted by molar-refractivity contribution is 5.97. The van der Waals surface area contributed by atoms with Gasteiger partial charge in [0.15, 0.2) is 0 Å². The number of ether oxygens (including phenoxy) is 2. The minimum absolute atomic E-state index is 0.0877. The molecule has 2 N–H and O–H groups in total. The lowest BCUT2D eigenvalue weighted by atomic mass is 10.1. The van der Waals surface area contributed by atoms with Gasteiger partial charge in [-0.1, -0.05) is 36.4 Å². The molecule has 142 valence electrons. The predicted octanol–water partition coefficient (Wildman–Crippen LogP) is 2.67.